The van der Waals surface area contributed by atoms with Crippen LogP contribution in [0.3, 0.4) is 0 Å². The van der Waals surface area contributed by atoms with Crippen LogP contribution in [0.25, 0.3) is 5.76 Å². The van der Waals surface area contributed by atoms with Gasteiger partial charge in [-0.05, 0) is 48.7 Å². The molecule has 0 bridgehead atoms. The zero-order chi connectivity index (χ0) is 27.2. The maximum atomic E-state index is 13.3. The standard InChI is InChI=1S/C32H34N2O5/c1-23-8-10-25(11-9-23)29-28(31(36)32(37)34(29)17-5-16-33-18-20-38-21-19-33)30(35)26-12-14-27(15-13-26)39-22-24-6-3-2-4-7-24/h2-4,6-15,29,35H,5,16-22H2,1H3/b30-28+. The molecule has 5 rings (SSSR count). The van der Waals surface area contributed by atoms with Gasteiger partial charge in [-0.3, -0.25) is 14.5 Å². The molecule has 1 atom stereocenters. The number of carbonyl (C=O) groups is 2. The first kappa shape index (κ1) is 26.7. The van der Waals surface area contributed by atoms with E-state index in [0.29, 0.717) is 37.7 Å². The third-order valence-electron chi connectivity index (χ3n) is 7.29. The second-order valence-electron chi connectivity index (χ2n) is 10.0. The molecule has 2 heterocycles. The average Bonchev–Trinajstić information content (AvgIpc) is 3.22. The van der Waals surface area contributed by atoms with Crippen molar-refractivity contribution in [3.05, 3.63) is 107 Å². The quantitative estimate of drug-likeness (QED) is 0.247. The lowest BCUT2D eigenvalue weighted by Crippen LogP contribution is -2.38. The molecule has 7 nitrogen and oxygen atoms in total. The Balaban J connectivity index is 1.38. The van der Waals surface area contributed by atoms with Crippen LogP contribution in [0.15, 0.2) is 84.4 Å². The topological polar surface area (TPSA) is 79.3 Å². The number of ketones is 1. The number of aliphatic hydroxyl groups is 1. The minimum Gasteiger partial charge on any atom is -0.507 e. The van der Waals surface area contributed by atoms with Crippen LogP contribution >= 0.6 is 0 Å². The van der Waals surface area contributed by atoms with Crippen LogP contribution in [0.4, 0.5) is 0 Å². The molecule has 0 saturated carbocycles. The smallest absolute Gasteiger partial charge is 0.295 e. The molecule has 39 heavy (non-hydrogen) atoms. The highest BCUT2D eigenvalue weighted by atomic mass is 16.5. The molecule has 0 aliphatic carbocycles. The first-order valence-corrected chi connectivity index (χ1v) is 13.4. The van der Waals surface area contributed by atoms with Crippen molar-refractivity contribution in [2.75, 3.05) is 39.4 Å². The Bertz CT molecular complexity index is 1310. The first-order valence-electron chi connectivity index (χ1n) is 13.4. The van der Waals surface area contributed by atoms with Gasteiger partial charge in [0.2, 0.25) is 0 Å². The lowest BCUT2D eigenvalue weighted by atomic mass is 9.94. The van der Waals surface area contributed by atoms with Gasteiger partial charge in [0.15, 0.2) is 0 Å². The van der Waals surface area contributed by atoms with Gasteiger partial charge in [0.25, 0.3) is 11.7 Å². The summed E-state index contributed by atoms with van der Waals surface area (Å²) in [6, 6.07) is 23.9. The second kappa shape index (κ2) is 12.3. The normalized spacial score (nSPS) is 19.4. The Morgan fingerprint density at radius 2 is 1.62 bits per heavy atom. The second-order valence-corrected chi connectivity index (χ2v) is 10.0. The molecule has 1 N–H and O–H groups in total. The number of aliphatic hydroxyl groups excluding tert-OH is 1. The van der Waals surface area contributed by atoms with E-state index in [1.54, 1.807) is 29.2 Å². The predicted molar refractivity (Wildman–Crippen MR) is 149 cm³/mol. The van der Waals surface area contributed by atoms with E-state index in [1.807, 2.05) is 61.5 Å². The third kappa shape index (κ3) is 6.21. The molecular weight excluding hydrogens is 492 g/mol. The minimum absolute atomic E-state index is 0.119. The summed E-state index contributed by atoms with van der Waals surface area (Å²) >= 11 is 0. The van der Waals surface area contributed by atoms with Gasteiger partial charge < -0.3 is 19.5 Å². The summed E-state index contributed by atoms with van der Waals surface area (Å²) in [5.74, 6) is -0.765. The molecule has 0 spiro atoms. The summed E-state index contributed by atoms with van der Waals surface area (Å²) in [5, 5.41) is 11.4. The highest BCUT2D eigenvalue weighted by molar-refractivity contribution is 6.46. The number of nitrogens with zero attached hydrogens (tertiary/aromatic N) is 2. The molecule has 1 unspecified atom stereocenters. The van der Waals surface area contributed by atoms with Crippen molar-refractivity contribution in [1.29, 1.82) is 0 Å². The molecule has 1 amide bonds. The van der Waals surface area contributed by atoms with Gasteiger partial charge in [-0.1, -0.05) is 60.2 Å². The minimum atomic E-state index is -0.658. The van der Waals surface area contributed by atoms with E-state index in [1.165, 1.54) is 0 Å². The number of ether oxygens (including phenoxy) is 2. The number of benzene rings is 3. The summed E-state index contributed by atoms with van der Waals surface area (Å²) in [4.78, 5) is 30.5. The Morgan fingerprint density at radius 1 is 0.923 bits per heavy atom. The van der Waals surface area contributed by atoms with E-state index in [0.717, 1.165) is 42.7 Å². The zero-order valence-corrected chi connectivity index (χ0v) is 22.2. The summed E-state index contributed by atoms with van der Waals surface area (Å²) in [5.41, 5.74) is 3.51. The highest BCUT2D eigenvalue weighted by Gasteiger charge is 2.45. The maximum Gasteiger partial charge on any atom is 0.295 e. The van der Waals surface area contributed by atoms with Crippen molar-refractivity contribution in [1.82, 2.24) is 9.80 Å². The fourth-order valence-electron chi connectivity index (χ4n) is 5.10. The summed E-state index contributed by atoms with van der Waals surface area (Å²) in [7, 11) is 0. The van der Waals surface area contributed by atoms with E-state index < -0.39 is 17.7 Å². The van der Waals surface area contributed by atoms with Gasteiger partial charge in [0, 0.05) is 31.7 Å². The van der Waals surface area contributed by atoms with Crippen molar-refractivity contribution in [2.45, 2.75) is 26.0 Å². The van der Waals surface area contributed by atoms with Crippen molar-refractivity contribution >= 4 is 17.4 Å². The van der Waals surface area contributed by atoms with E-state index in [4.69, 9.17) is 9.47 Å². The number of hydrogen-bond acceptors (Lipinski definition) is 6. The van der Waals surface area contributed by atoms with Gasteiger partial charge in [-0.15, -0.1) is 0 Å². The van der Waals surface area contributed by atoms with Crippen molar-refractivity contribution in [3.63, 3.8) is 0 Å². The van der Waals surface area contributed by atoms with E-state index in [-0.39, 0.29) is 11.3 Å². The predicted octanol–water partition coefficient (Wildman–Crippen LogP) is 4.72. The molecule has 7 heteroatoms. The van der Waals surface area contributed by atoms with Crippen molar-refractivity contribution in [2.24, 2.45) is 0 Å². The third-order valence-corrected chi connectivity index (χ3v) is 7.29. The summed E-state index contributed by atoms with van der Waals surface area (Å²) in [6.45, 7) is 6.81. The fraction of sp³-hybridized carbons (Fsp3) is 0.312. The number of likely N-dealkylation sites (tertiary alicyclic amines) is 1. The first-order chi connectivity index (χ1) is 19.0. The van der Waals surface area contributed by atoms with Crippen LogP contribution in [0.5, 0.6) is 5.75 Å². The van der Waals surface area contributed by atoms with E-state index >= 15 is 0 Å². The fourth-order valence-corrected chi connectivity index (χ4v) is 5.10. The van der Waals surface area contributed by atoms with Crippen LogP contribution in [0.2, 0.25) is 0 Å². The number of hydrogen-bond donors (Lipinski definition) is 1. The van der Waals surface area contributed by atoms with Crippen LogP contribution in [0.1, 0.15) is 34.7 Å². The Labute approximate surface area is 229 Å². The van der Waals surface area contributed by atoms with Gasteiger partial charge in [-0.2, -0.15) is 0 Å². The lowest BCUT2D eigenvalue weighted by Gasteiger charge is -2.29. The Hall–Kier alpha value is -3.94. The number of Topliss-reactive ketones (excluding diaryl/α,β-unsaturated/α-hetero) is 1. The van der Waals surface area contributed by atoms with E-state index in [9.17, 15) is 14.7 Å². The van der Waals surface area contributed by atoms with Gasteiger partial charge in [-0.25, -0.2) is 0 Å². The number of amides is 1. The number of rotatable bonds is 9. The van der Waals surface area contributed by atoms with Crippen molar-refractivity contribution < 1.29 is 24.2 Å². The summed E-state index contributed by atoms with van der Waals surface area (Å²) in [6.07, 6.45) is 0.725. The monoisotopic (exact) mass is 526 g/mol. The molecule has 3 aromatic carbocycles. The SMILES string of the molecule is Cc1ccc(C2/C(=C(\O)c3ccc(OCc4ccccc4)cc3)C(=O)C(=O)N2CCCN2CCOCC2)cc1. The van der Waals surface area contributed by atoms with Crippen LogP contribution in [-0.4, -0.2) is 66.0 Å². The number of morpholine rings is 1. The molecule has 2 saturated heterocycles. The lowest BCUT2D eigenvalue weighted by molar-refractivity contribution is -0.140. The van der Waals surface area contributed by atoms with Crippen molar-refractivity contribution in [3.8, 4) is 5.75 Å². The molecule has 202 valence electrons. The van der Waals surface area contributed by atoms with Gasteiger partial charge >= 0.3 is 0 Å². The van der Waals surface area contributed by atoms with Crippen LogP contribution in [0, 0.1) is 6.92 Å². The highest BCUT2D eigenvalue weighted by Crippen LogP contribution is 2.39. The van der Waals surface area contributed by atoms with Crippen LogP contribution < -0.4 is 4.74 Å². The Kier molecular flexibility index (Phi) is 8.39. The van der Waals surface area contributed by atoms with Gasteiger partial charge in [0.1, 0.15) is 18.1 Å². The Morgan fingerprint density at radius 3 is 2.31 bits per heavy atom. The number of aryl methyl sites for hydroxylation is 1. The molecule has 0 aromatic heterocycles. The average molecular weight is 527 g/mol. The molecule has 2 aliphatic heterocycles. The van der Waals surface area contributed by atoms with E-state index in [2.05, 4.69) is 4.90 Å². The molecule has 2 fully saturated rings. The molecule has 0 radical (unpaired) electrons. The van der Waals surface area contributed by atoms with Gasteiger partial charge in [0.05, 0.1) is 24.8 Å². The molecule has 3 aromatic rings. The van der Waals surface area contributed by atoms with Crippen LogP contribution in [-0.2, 0) is 20.9 Å². The summed E-state index contributed by atoms with van der Waals surface area (Å²) < 4.78 is 11.3. The maximum absolute atomic E-state index is 13.3. The number of carbonyl (C=O) groups excluding carboxylic acids is 2. The molecular formula is C32H34N2O5. The molecule has 2 aliphatic rings. The largest absolute Gasteiger partial charge is 0.507 e. The zero-order valence-electron chi connectivity index (χ0n) is 22.2.